The molecule has 33 heavy (non-hydrogen) atoms. The van der Waals surface area contributed by atoms with Gasteiger partial charge < -0.3 is 24.4 Å². The smallest absolute Gasteiger partial charge is 0.389 e. The van der Waals surface area contributed by atoms with Gasteiger partial charge in [0.15, 0.2) is 0 Å². The Bertz CT molecular complexity index is 921. The van der Waals surface area contributed by atoms with Crippen LogP contribution in [0.25, 0.3) is 5.57 Å². The molecule has 0 saturated heterocycles. The van der Waals surface area contributed by atoms with Crippen molar-refractivity contribution in [2.45, 2.75) is 26.0 Å². The number of likely N-dealkylation sites (N-methyl/N-ethyl adjacent to an activating group) is 1. The Balaban J connectivity index is 2.47. The number of amides is 1. The number of methoxy groups -OCH3 is 3. The molecule has 0 aromatic heterocycles. The number of carbonyl (C=O) groups is 1. The van der Waals surface area contributed by atoms with Crippen LogP contribution in [0.3, 0.4) is 0 Å². The summed E-state index contributed by atoms with van der Waals surface area (Å²) in [6.45, 7) is 7.19. The largest absolute Gasteiger partial charge is 0.500 e. The van der Waals surface area contributed by atoms with Gasteiger partial charge in [0, 0.05) is 31.3 Å². The van der Waals surface area contributed by atoms with Gasteiger partial charge in [0.2, 0.25) is 5.76 Å². The van der Waals surface area contributed by atoms with Gasteiger partial charge in [-0.15, -0.1) is 0 Å². The summed E-state index contributed by atoms with van der Waals surface area (Å²) in [6, 6.07) is 9.23. The summed E-state index contributed by atoms with van der Waals surface area (Å²) in [5, 5.41) is 14.8. The molecule has 1 aromatic rings. The molecular formula is C24H33N3O6. The number of allylic oxidation sites excluding steroid dienone is 3. The molecule has 1 unspecified atom stereocenters. The molecular weight excluding hydrogens is 426 g/mol. The molecule has 180 valence electrons. The fourth-order valence-corrected chi connectivity index (χ4v) is 3.69. The second-order valence-electron chi connectivity index (χ2n) is 7.42. The molecule has 1 aromatic carbocycles. The first-order chi connectivity index (χ1) is 15.9. The Hall–Kier alpha value is -3.17. The van der Waals surface area contributed by atoms with E-state index >= 15 is 0 Å². The first-order valence-corrected chi connectivity index (χ1v) is 10.9. The van der Waals surface area contributed by atoms with Gasteiger partial charge in [-0.2, -0.15) is 0 Å². The molecule has 9 nitrogen and oxygen atoms in total. The van der Waals surface area contributed by atoms with E-state index in [4.69, 9.17) is 14.2 Å². The highest BCUT2D eigenvalue weighted by atomic mass is 16.7. The zero-order valence-corrected chi connectivity index (χ0v) is 19.9. The average molecular weight is 460 g/mol. The Morgan fingerprint density at radius 3 is 2.36 bits per heavy atom. The van der Waals surface area contributed by atoms with Crippen LogP contribution in [0, 0.1) is 10.1 Å². The highest BCUT2D eigenvalue weighted by molar-refractivity contribution is 6.20. The lowest BCUT2D eigenvalue weighted by Crippen LogP contribution is -2.45. The van der Waals surface area contributed by atoms with Gasteiger partial charge in [-0.25, -0.2) is 0 Å². The van der Waals surface area contributed by atoms with Gasteiger partial charge in [0.1, 0.15) is 12.2 Å². The van der Waals surface area contributed by atoms with E-state index in [1.54, 1.807) is 6.08 Å². The van der Waals surface area contributed by atoms with E-state index in [0.717, 1.165) is 19.6 Å². The van der Waals surface area contributed by atoms with Gasteiger partial charge in [-0.3, -0.25) is 14.9 Å². The number of benzene rings is 1. The molecule has 1 atom stereocenters. The molecule has 0 bridgehead atoms. The van der Waals surface area contributed by atoms with Crippen LogP contribution in [0.2, 0.25) is 0 Å². The lowest BCUT2D eigenvalue weighted by atomic mass is 9.92. The Morgan fingerprint density at radius 1 is 1.18 bits per heavy atom. The van der Waals surface area contributed by atoms with Crippen molar-refractivity contribution in [1.29, 1.82) is 0 Å². The molecule has 0 fully saturated rings. The number of ether oxygens (including phenoxy) is 3. The van der Waals surface area contributed by atoms with Crippen molar-refractivity contribution < 1.29 is 23.9 Å². The van der Waals surface area contributed by atoms with E-state index in [2.05, 4.69) is 24.1 Å². The summed E-state index contributed by atoms with van der Waals surface area (Å²) in [6.07, 6.45) is 2.98. The predicted octanol–water partition coefficient (Wildman–Crippen LogP) is 2.98. The zero-order valence-electron chi connectivity index (χ0n) is 19.9. The van der Waals surface area contributed by atoms with E-state index < -0.39 is 10.6 Å². The number of carbonyl (C=O) groups excluding carboxylic acids is 1. The predicted molar refractivity (Wildman–Crippen MR) is 126 cm³/mol. The molecule has 1 N–H and O–H groups in total. The molecule has 0 saturated carbocycles. The fourth-order valence-electron chi connectivity index (χ4n) is 3.69. The molecule has 2 rings (SSSR count). The molecule has 9 heteroatoms. The standard InChI is InChI=1S/C24H33N3O6/c1-6-26(7-2)14-13-25-23(28)20(18-11-9-8-10-12-18)15-19-16-22(32-4)24(33-5,27(29)30)17-21(19)31-3/h8-12,15-16H,6-7,13-14,17H2,1-5H3,(H,25,28)/b20-15+. The van der Waals surface area contributed by atoms with E-state index in [9.17, 15) is 14.9 Å². The third-order valence-electron chi connectivity index (χ3n) is 5.73. The minimum absolute atomic E-state index is 0.0244. The number of nitrogens with one attached hydrogen (secondary N) is 1. The summed E-state index contributed by atoms with van der Waals surface area (Å²) < 4.78 is 16.0. The Labute approximate surface area is 194 Å². The first-order valence-electron chi connectivity index (χ1n) is 10.9. The van der Waals surface area contributed by atoms with Gasteiger partial charge in [0.05, 0.1) is 19.1 Å². The fraction of sp³-hybridized carbons (Fsp3) is 0.458. The summed E-state index contributed by atoms with van der Waals surface area (Å²) in [5.41, 5.74) is -0.263. The maximum Gasteiger partial charge on any atom is 0.389 e. The van der Waals surface area contributed by atoms with Crippen LogP contribution < -0.4 is 5.32 Å². The average Bonchev–Trinajstić information content (AvgIpc) is 2.84. The highest BCUT2D eigenvalue weighted by Crippen LogP contribution is 2.38. The van der Waals surface area contributed by atoms with Gasteiger partial charge in [-0.1, -0.05) is 44.2 Å². The third-order valence-corrected chi connectivity index (χ3v) is 5.73. The molecule has 1 aliphatic carbocycles. The number of hydrogen-bond acceptors (Lipinski definition) is 7. The van der Waals surface area contributed by atoms with Crippen molar-refractivity contribution in [3.05, 3.63) is 75.3 Å². The van der Waals surface area contributed by atoms with Crippen molar-refractivity contribution in [3.63, 3.8) is 0 Å². The molecule has 0 aliphatic heterocycles. The molecule has 0 heterocycles. The van der Waals surface area contributed by atoms with Crippen LogP contribution in [0.15, 0.2) is 59.6 Å². The maximum atomic E-state index is 13.2. The van der Waals surface area contributed by atoms with E-state index in [1.165, 1.54) is 27.4 Å². The molecule has 0 spiro atoms. The summed E-state index contributed by atoms with van der Waals surface area (Å²) >= 11 is 0. The number of hydrogen-bond donors (Lipinski definition) is 1. The van der Waals surface area contributed by atoms with Crippen molar-refractivity contribution in [1.82, 2.24) is 10.2 Å². The van der Waals surface area contributed by atoms with E-state index in [-0.39, 0.29) is 18.1 Å². The van der Waals surface area contributed by atoms with Gasteiger partial charge in [-0.05, 0) is 30.8 Å². The van der Waals surface area contributed by atoms with Crippen LogP contribution in [0.4, 0.5) is 0 Å². The van der Waals surface area contributed by atoms with E-state index in [1.807, 2.05) is 30.3 Å². The van der Waals surface area contributed by atoms with Crippen LogP contribution >= 0.6 is 0 Å². The summed E-state index contributed by atoms with van der Waals surface area (Å²) in [5.74, 6) is 0.0941. The topological polar surface area (TPSA) is 103 Å². The first kappa shape index (κ1) is 26.1. The number of nitro groups is 1. The SMILES string of the molecule is CCN(CC)CCNC(=O)/C(=C/C1=C(OC)CC(OC)([N+](=O)[O-])C(OC)=C1)c1ccccc1. The van der Waals surface area contributed by atoms with Crippen LogP contribution in [-0.2, 0) is 19.0 Å². The summed E-state index contributed by atoms with van der Waals surface area (Å²) in [7, 11) is 4.03. The van der Waals surface area contributed by atoms with Crippen LogP contribution in [0.1, 0.15) is 25.8 Å². The van der Waals surface area contributed by atoms with Gasteiger partial charge >= 0.3 is 5.72 Å². The quantitative estimate of drug-likeness (QED) is 0.222. The summed E-state index contributed by atoms with van der Waals surface area (Å²) in [4.78, 5) is 26.7. The van der Waals surface area contributed by atoms with Crippen molar-refractivity contribution in [2.24, 2.45) is 0 Å². The van der Waals surface area contributed by atoms with Crippen molar-refractivity contribution >= 4 is 11.5 Å². The lowest BCUT2D eigenvalue weighted by molar-refractivity contribution is -0.620. The minimum atomic E-state index is -1.89. The Morgan fingerprint density at radius 2 is 1.85 bits per heavy atom. The van der Waals surface area contributed by atoms with Crippen LogP contribution in [0.5, 0.6) is 0 Å². The van der Waals surface area contributed by atoms with Crippen LogP contribution in [-0.4, -0.2) is 69.0 Å². The highest BCUT2D eigenvalue weighted by Gasteiger charge is 2.53. The maximum absolute atomic E-state index is 13.2. The number of rotatable bonds is 12. The normalized spacial score (nSPS) is 18.7. The zero-order chi connectivity index (χ0) is 24.4. The third kappa shape index (κ3) is 6.00. The number of nitrogens with zero attached hydrogens (tertiary/aromatic N) is 2. The molecule has 1 amide bonds. The molecule has 1 aliphatic rings. The van der Waals surface area contributed by atoms with E-state index in [0.29, 0.717) is 29.0 Å². The van der Waals surface area contributed by atoms with Crippen molar-refractivity contribution in [3.8, 4) is 0 Å². The minimum Gasteiger partial charge on any atom is -0.500 e. The Kier molecular flexibility index (Phi) is 9.62. The lowest BCUT2D eigenvalue weighted by Gasteiger charge is -2.29. The molecule has 0 radical (unpaired) electrons. The van der Waals surface area contributed by atoms with Crippen molar-refractivity contribution in [2.75, 3.05) is 47.5 Å². The van der Waals surface area contributed by atoms with Gasteiger partial charge in [0.25, 0.3) is 5.91 Å². The second-order valence-corrected chi connectivity index (χ2v) is 7.42. The monoisotopic (exact) mass is 459 g/mol. The second kappa shape index (κ2) is 12.2.